The summed E-state index contributed by atoms with van der Waals surface area (Å²) >= 11 is 0. The molecule has 1 aromatic heterocycles. The van der Waals surface area contributed by atoms with Crippen LogP contribution in [0.3, 0.4) is 0 Å². The van der Waals surface area contributed by atoms with Crippen molar-refractivity contribution in [1.82, 2.24) is 19.6 Å². The fourth-order valence-electron chi connectivity index (χ4n) is 3.71. The van der Waals surface area contributed by atoms with E-state index in [4.69, 9.17) is 14.2 Å². The van der Waals surface area contributed by atoms with Crippen LogP contribution in [0, 0.1) is 12.7 Å². The van der Waals surface area contributed by atoms with Crippen molar-refractivity contribution in [3.63, 3.8) is 0 Å². The van der Waals surface area contributed by atoms with Gasteiger partial charge in [-0.15, -0.1) is 0 Å². The Morgan fingerprint density at radius 3 is 2.50 bits per heavy atom. The Hall–Kier alpha value is -3.03. The summed E-state index contributed by atoms with van der Waals surface area (Å²) in [7, 11) is -3.89. The van der Waals surface area contributed by atoms with Crippen molar-refractivity contribution in [2.75, 3.05) is 31.6 Å². The Bertz CT molecular complexity index is 1200. The summed E-state index contributed by atoms with van der Waals surface area (Å²) in [6.07, 6.45) is 1.84. The Labute approximate surface area is 223 Å². The van der Waals surface area contributed by atoms with Crippen LogP contribution in [0.25, 0.3) is 0 Å². The van der Waals surface area contributed by atoms with Crippen LogP contribution in [0.15, 0.2) is 29.4 Å². The van der Waals surface area contributed by atoms with Gasteiger partial charge in [0.2, 0.25) is 15.9 Å². The topological polar surface area (TPSA) is 132 Å². The minimum atomic E-state index is -3.89. The van der Waals surface area contributed by atoms with Crippen molar-refractivity contribution in [3.05, 3.63) is 35.9 Å². The quantitative estimate of drug-likeness (QED) is 0.399. The van der Waals surface area contributed by atoms with Crippen molar-refractivity contribution in [3.8, 4) is 5.88 Å². The van der Waals surface area contributed by atoms with E-state index in [1.54, 1.807) is 11.8 Å². The molecule has 38 heavy (non-hydrogen) atoms. The lowest BCUT2D eigenvalue weighted by molar-refractivity contribution is 0.0505. The van der Waals surface area contributed by atoms with Gasteiger partial charge in [0.15, 0.2) is 0 Å². The first-order chi connectivity index (χ1) is 18.0. The van der Waals surface area contributed by atoms with Crippen LogP contribution in [0.5, 0.6) is 5.88 Å². The van der Waals surface area contributed by atoms with Gasteiger partial charge in [0.1, 0.15) is 24.1 Å². The van der Waals surface area contributed by atoms with Crippen molar-refractivity contribution in [1.29, 1.82) is 0 Å². The van der Waals surface area contributed by atoms with E-state index in [2.05, 4.69) is 20.0 Å². The smallest absolute Gasteiger partial charge is 0.410 e. The fraction of sp³-hybridized carbons (Fsp3) is 0.560. The van der Waals surface area contributed by atoms with Gasteiger partial charge in [-0.1, -0.05) is 0 Å². The highest BCUT2D eigenvalue weighted by Crippen LogP contribution is 2.28. The second kappa shape index (κ2) is 13.2. The average molecular weight is 554 g/mol. The number of carbonyl (C=O) groups is 1. The van der Waals surface area contributed by atoms with Gasteiger partial charge in [-0.05, 0) is 52.8 Å². The molecule has 0 radical (unpaired) electrons. The van der Waals surface area contributed by atoms with Gasteiger partial charge in [-0.25, -0.2) is 32.3 Å². The van der Waals surface area contributed by atoms with Gasteiger partial charge >= 0.3 is 6.09 Å². The molecule has 0 spiro atoms. The van der Waals surface area contributed by atoms with Crippen molar-refractivity contribution >= 4 is 27.6 Å². The number of benzene rings is 1. The molecular weight excluding hydrogens is 517 g/mol. The molecule has 0 unspecified atom stereocenters. The standard InChI is InChI=1S/C25H36FN5O6S/c1-16(2)35-13-10-29-38(33,34)20-6-7-22(21(26)14-20)30-23-18(5)24(28-15-27-23)37-19-8-11-31(12-9-19)25(32)36-17(3)4/h6-7,14-17,19,29H,8-13H2,1-5H3,(H,27,28,30). The first kappa shape index (κ1) is 29.5. The summed E-state index contributed by atoms with van der Waals surface area (Å²) in [6.45, 7) is 10.4. The number of nitrogens with one attached hydrogen (secondary N) is 2. The van der Waals surface area contributed by atoms with Gasteiger partial charge in [0, 0.05) is 32.5 Å². The highest BCUT2D eigenvalue weighted by molar-refractivity contribution is 7.89. The minimum absolute atomic E-state index is 0.0214. The summed E-state index contributed by atoms with van der Waals surface area (Å²) in [6, 6.07) is 3.59. The largest absolute Gasteiger partial charge is 0.474 e. The molecule has 1 aliphatic heterocycles. The number of nitrogens with zero attached hydrogens (tertiary/aromatic N) is 3. The molecule has 2 aromatic rings. The first-order valence-electron chi connectivity index (χ1n) is 12.6. The zero-order valence-corrected chi connectivity index (χ0v) is 23.2. The predicted octanol–water partition coefficient (Wildman–Crippen LogP) is 3.76. The molecule has 0 atom stereocenters. The van der Waals surface area contributed by atoms with E-state index in [0.29, 0.717) is 43.2 Å². The van der Waals surface area contributed by atoms with Crippen LogP contribution in [-0.2, 0) is 19.5 Å². The lowest BCUT2D eigenvalue weighted by Gasteiger charge is -2.32. The molecule has 0 aliphatic carbocycles. The highest BCUT2D eigenvalue weighted by atomic mass is 32.2. The van der Waals surface area contributed by atoms with E-state index in [9.17, 15) is 17.6 Å². The first-order valence-corrected chi connectivity index (χ1v) is 14.1. The van der Waals surface area contributed by atoms with Gasteiger partial charge < -0.3 is 24.4 Å². The number of aromatic nitrogens is 2. The minimum Gasteiger partial charge on any atom is -0.474 e. The molecule has 1 aromatic carbocycles. The van der Waals surface area contributed by atoms with Gasteiger partial charge in [0.05, 0.1) is 35.0 Å². The van der Waals surface area contributed by atoms with Crippen LogP contribution in [-0.4, -0.2) is 73.9 Å². The lowest BCUT2D eigenvalue weighted by Crippen LogP contribution is -2.42. The van der Waals surface area contributed by atoms with E-state index in [1.807, 2.05) is 27.7 Å². The SMILES string of the molecule is Cc1c(Nc2ccc(S(=O)(=O)NCCOC(C)C)cc2F)ncnc1OC1CCN(C(=O)OC(C)C)CC1. The molecule has 0 bridgehead atoms. The monoisotopic (exact) mass is 553 g/mol. The maximum absolute atomic E-state index is 14.8. The molecular formula is C25H36FN5O6S. The average Bonchev–Trinajstić information content (AvgIpc) is 2.85. The number of hydrogen-bond acceptors (Lipinski definition) is 9. The second-order valence-corrected chi connectivity index (χ2v) is 11.2. The summed E-state index contributed by atoms with van der Waals surface area (Å²) in [5.74, 6) is -0.0861. The van der Waals surface area contributed by atoms with E-state index in [0.717, 1.165) is 6.07 Å². The molecule has 2 heterocycles. The van der Waals surface area contributed by atoms with Crippen LogP contribution in [0.4, 0.5) is 20.7 Å². The maximum Gasteiger partial charge on any atom is 0.410 e. The van der Waals surface area contributed by atoms with E-state index in [-0.39, 0.29) is 48.1 Å². The number of hydrogen-bond donors (Lipinski definition) is 2. The Kier molecular flexibility index (Phi) is 10.2. The molecule has 3 rings (SSSR count). The number of anilines is 2. The Morgan fingerprint density at radius 2 is 1.87 bits per heavy atom. The maximum atomic E-state index is 14.8. The number of halogens is 1. The van der Waals surface area contributed by atoms with Crippen molar-refractivity contribution in [2.45, 2.75) is 70.7 Å². The summed E-state index contributed by atoms with van der Waals surface area (Å²) in [5, 5.41) is 2.89. The van der Waals surface area contributed by atoms with E-state index >= 15 is 0 Å². The molecule has 1 fully saturated rings. The highest BCUT2D eigenvalue weighted by Gasteiger charge is 2.26. The predicted molar refractivity (Wildman–Crippen MR) is 140 cm³/mol. The van der Waals surface area contributed by atoms with E-state index < -0.39 is 15.8 Å². The number of piperidine rings is 1. The van der Waals surface area contributed by atoms with Crippen LogP contribution < -0.4 is 14.8 Å². The molecule has 210 valence electrons. The number of amides is 1. The van der Waals surface area contributed by atoms with Gasteiger partial charge in [-0.2, -0.15) is 0 Å². The number of rotatable bonds is 11. The number of carbonyl (C=O) groups excluding carboxylic acids is 1. The van der Waals surface area contributed by atoms with Gasteiger partial charge in [0.25, 0.3) is 0 Å². The molecule has 1 aliphatic rings. The normalized spacial score (nSPS) is 14.7. The summed E-state index contributed by atoms with van der Waals surface area (Å²) in [5.41, 5.74) is 0.619. The van der Waals surface area contributed by atoms with Crippen molar-refractivity contribution < 1.29 is 31.8 Å². The number of ether oxygens (including phenoxy) is 3. The number of sulfonamides is 1. The molecule has 2 N–H and O–H groups in total. The Morgan fingerprint density at radius 1 is 1.16 bits per heavy atom. The molecule has 1 saturated heterocycles. The van der Waals surface area contributed by atoms with Crippen LogP contribution in [0.1, 0.15) is 46.1 Å². The zero-order valence-electron chi connectivity index (χ0n) is 22.4. The molecule has 13 heteroatoms. The molecule has 1 amide bonds. The number of likely N-dealkylation sites (tertiary alicyclic amines) is 1. The Balaban J connectivity index is 1.61. The third kappa shape index (κ3) is 8.23. The summed E-state index contributed by atoms with van der Waals surface area (Å²) < 4.78 is 58.8. The van der Waals surface area contributed by atoms with Crippen LogP contribution >= 0.6 is 0 Å². The lowest BCUT2D eigenvalue weighted by atomic mass is 10.1. The van der Waals surface area contributed by atoms with Crippen molar-refractivity contribution in [2.24, 2.45) is 0 Å². The molecule has 0 saturated carbocycles. The zero-order chi connectivity index (χ0) is 27.9. The van der Waals surface area contributed by atoms with E-state index in [1.165, 1.54) is 18.5 Å². The third-order valence-electron chi connectivity index (χ3n) is 5.70. The summed E-state index contributed by atoms with van der Waals surface area (Å²) in [4.78, 5) is 21.9. The fourth-order valence-corrected chi connectivity index (χ4v) is 4.74. The third-order valence-corrected chi connectivity index (χ3v) is 7.16. The van der Waals surface area contributed by atoms with Gasteiger partial charge in [-0.3, -0.25) is 0 Å². The second-order valence-electron chi connectivity index (χ2n) is 9.47. The molecule has 11 nitrogen and oxygen atoms in total. The van der Waals surface area contributed by atoms with Crippen LogP contribution in [0.2, 0.25) is 0 Å².